The molecular weight excluding hydrogens is 366 g/mol. The smallest absolute Gasteiger partial charge is 0.180 e. The van der Waals surface area contributed by atoms with Crippen molar-refractivity contribution in [2.24, 2.45) is 0 Å². The van der Waals surface area contributed by atoms with Gasteiger partial charge in [0.1, 0.15) is 0 Å². The van der Waals surface area contributed by atoms with Gasteiger partial charge < -0.3 is 0 Å². The van der Waals surface area contributed by atoms with Crippen molar-refractivity contribution in [3.05, 3.63) is 64.7 Å². The van der Waals surface area contributed by atoms with Crippen LogP contribution in [0.1, 0.15) is 56.7 Å². The van der Waals surface area contributed by atoms with E-state index in [0.717, 1.165) is 36.8 Å². The van der Waals surface area contributed by atoms with Crippen LogP contribution in [-0.4, -0.2) is 19.7 Å². The van der Waals surface area contributed by atoms with Gasteiger partial charge in [-0.25, -0.2) is 8.42 Å². The number of unbranched alkanes of at least 4 members (excludes halogenated alkanes) is 1. The second-order valence-corrected chi connectivity index (χ2v) is 9.56. The highest BCUT2D eigenvalue weighted by Crippen LogP contribution is 2.38. The molecule has 1 aliphatic rings. The number of rotatable bonds is 5. The van der Waals surface area contributed by atoms with E-state index in [1.165, 1.54) is 0 Å². The Morgan fingerprint density at radius 3 is 2.46 bits per heavy atom. The summed E-state index contributed by atoms with van der Waals surface area (Å²) in [6, 6.07) is 14.9. The van der Waals surface area contributed by atoms with Crippen LogP contribution in [0.15, 0.2) is 53.4 Å². The minimum absolute atomic E-state index is 0.137. The molecule has 5 heteroatoms. The lowest BCUT2D eigenvalue weighted by Crippen LogP contribution is -2.50. The zero-order chi connectivity index (χ0) is 18.8. The van der Waals surface area contributed by atoms with Crippen molar-refractivity contribution in [3.63, 3.8) is 0 Å². The number of sulfone groups is 1. The van der Waals surface area contributed by atoms with Crippen LogP contribution >= 0.6 is 11.6 Å². The Hall–Kier alpha value is -1.36. The number of nitrogens with one attached hydrogen (secondary N) is 1. The van der Waals surface area contributed by atoms with E-state index >= 15 is 0 Å². The largest absolute Gasteiger partial charge is 0.300 e. The predicted molar refractivity (Wildman–Crippen MR) is 107 cm³/mol. The molecule has 0 radical (unpaired) electrons. The second kappa shape index (κ2) is 7.71. The van der Waals surface area contributed by atoms with Crippen LogP contribution in [-0.2, 0) is 9.84 Å². The fraction of sp³-hybridized carbons (Fsp3) is 0.429. The van der Waals surface area contributed by atoms with Gasteiger partial charge in [0.15, 0.2) is 9.84 Å². The molecule has 0 aliphatic carbocycles. The molecule has 0 aromatic heterocycles. The van der Waals surface area contributed by atoms with E-state index in [2.05, 4.69) is 19.2 Å². The van der Waals surface area contributed by atoms with Gasteiger partial charge in [-0.15, -0.1) is 0 Å². The fourth-order valence-corrected chi connectivity index (χ4v) is 6.10. The third-order valence-electron chi connectivity index (χ3n) is 5.37. The Morgan fingerprint density at radius 2 is 1.81 bits per heavy atom. The lowest BCUT2D eigenvalue weighted by molar-refractivity contribution is 0.295. The molecule has 3 nitrogen and oxygen atoms in total. The molecule has 2 aromatic carbocycles. The predicted octanol–water partition coefficient (Wildman–Crippen LogP) is 5.15. The molecule has 1 N–H and O–H groups in total. The van der Waals surface area contributed by atoms with E-state index in [-0.39, 0.29) is 11.8 Å². The maximum atomic E-state index is 13.2. The van der Waals surface area contributed by atoms with Gasteiger partial charge in [-0.3, -0.25) is 5.32 Å². The molecule has 26 heavy (non-hydrogen) atoms. The standard InChI is InChI=1S/C21H26ClNO2S/c1-3-5-14-21(4-2)15-26(24,25)19-9-7-6-8-18(19)20(23-21)16-10-12-17(22)13-11-16/h6-13,20,23H,3-5,14-15H2,1-2H3/t20-,21+/m0/s1. The van der Waals surface area contributed by atoms with E-state index in [4.69, 9.17) is 11.6 Å². The molecule has 2 atom stereocenters. The Kier molecular flexibility index (Phi) is 5.75. The topological polar surface area (TPSA) is 46.2 Å². The first-order chi connectivity index (χ1) is 12.4. The SMILES string of the molecule is CCCC[C@]1(CC)CS(=O)(=O)c2ccccc2[C@H](c2ccc(Cl)cc2)N1. The van der Waals surface area contributed by atoms with Crippen LogP contribution in [0.4, 0.5) is 0 Å². The number of hydrogen-bond donors (Lipinski definition) is 1. The lowest BCUT2D eigenvalue weighted by atomic mass is 9.88. The van der Waals surface area contributed by atoms with Gasteiger partial charge in [-0.1, -0.05) is 68.6 Å². The molecule has 0 spiro atoms. The summed E-state index contributed by atoms with van der Waals surface area (Å²) >= 11 is 6.06. The molecule has 3 rings (SSSR count). The monoisotopic (exact) mass is 391 g/mol. The van der Waals surface area contributed by atoms with Crippen molar-refractivity contribution in [2.45, 2.75) is 56.0 Å². The van der Waals surface area contributed by atoms with E-state index < -0.39 is 15.4 Å². The van der Waals surface area contributed by atoms with Crippen molar-refractivity contribution < 1.29 is 8.42 Å². The molecule has 0 unspecified atom stereocenters. The molecule has 0 amide bonds. The highest BCUT2D eigenvalue weighted by Gasteiger charge is 2.41. The summed E-state index contributed by atoms with van der Waals surface area (Å²) in [5.41, 5.74) is 1.42. The zero-order valence-corrected chi connectivity index (χ0v) is 16.9. The van der Waals surface area contributed by atoms with Crippen LogP contribution < -0.4 is 5.32 Å². The summed E-state index contributed by atoms with van der Waals surface area (Å²) in [6.45, 7) is 4.22. The Morgan fingerprint density at radius 1 is 1.12 bits per heavy atom. The van der Waals surface area contributed by atoms with Crippen molar-refractivity contribution >= 4 is 21.4 Å². The van der Waals surface area contributed by atoms with Crippen LogP contribution in [0, 0.1) is 0 Å². The average molecular weight is 392 g/mol. The highest BCUT2D eigenvalue weighted by molar-refractivity contribution is 7.91. The number of fused-ring (bicyclic) bond motifs is 1. The molecule has 2 aromatic rings. The lowest BCUT2D eigenvalue weighted by Gasteiger charge is -2.36. The molecule has 0 saturated heterocycles. The minimum atomic E-state index is -3.37. The third kappa shape index (κ3) is 3.83. The van der Waals surface area contributed by atoms with Gasteiger partial charge in [0, 0.05) is 10.6 Å². The van der Waals surface area contributed by atoms with Crippen molar-refractivity contribution in [2.75, 3.05) is 5.75 Å². The fourth-order valence-electron chi connectivity index (χ4n) is 3.83. The zero-order valence-electron chi connectivity index (χ0n) is 15.3. The van der Waals surface area contributed by atoms with Gasteiger partial charge in [-0.05, 0) is 42.2 Å². The molecule has 0 fully saturated rings. The third-order valence-corrected chi connectivity index (χ3v) is 7.60. The van der Waals surface area contributed by atoms with Crippen molar-refractivity contribution in [3.8, 4) is 0 Å². The molecular formula is C21H26ClNO2S. The maximum absolute atomic E-state index is 13.2. The van der Waals surface area contributed by atoms with E-state index in [0.29, 0.717) is 9.92 Å². The minimum Gasteiger partial charge on any atom is -0.300 e. The summed E-state index contributed by atoms with van der Waals surface area (Å²) in [6.07, 6.45) is 3.66. The first-order valence-electron chi connectivity index (χ1n) is 9.25. The summed E-state index contributed by atoms with van der Waals surface area (Å²) in [7, 11) is -3.37. The molecule has 1 heterocycles. The van der Waals surface area contributed by atoms with Crippen molar-refractivity contribution in [1.29, 1.82) is 0 Å². The Labute approximate surface area is 161 Å². The van der Waals surface area contributed by atoms with Crippen molar-refractivity contribution in [1.82, 2.24) is 5.32 Å². The molecule has 0 bridgehead atoms. The van der Waals surface area contributed by atoms with E-state index in [9.17, 15) is 8.42 Å². The maximum Gasteiger partial charge on any atom is 0.180 e. The number of halogens is 1. The number of hydrogen-bond acceptors (Lipinski definition) is 3. The average Bonchev–Trinajstić information content (AvgIpc) is 2.74. The second-order valence-electron chi connectivity index (χ2n) is 7.16. The Bertz CT molecular complexity index is 864. The summed E-state index contributed by atoms with van der Waals surface area (Å²) in [4.78, 5) is 0.444. The molecule has 140 valence electrons. The molecule has 1 aliphatic heterocycles. The van der Waals surface area contributed by atoms with Gasteiger partial charge in [-0.2, -0.15) is 0 Å². The first kappa shape index (κ1) is 19.4. The first-order valence-corrected chi connectivity index (χ1v) is 11.3. The highest BCUT2D eigenvalue weighted by atomic mass is 35.5. The number of benzene rings is 2. The molecule has 0 saturated carbocycles. The quantitative estimate of drug-likeness (QED) is 0.767. The van der Waals surface area contributed by atoms with Crippen LogP contribution in [0.2, 0.25) is 5.02 Å². The van der Waals surface area contributed by atoms with Crippen LogP contribution in [0.25, 0.3) is 0 Å². The van der Waals surface area contributed by atoms with E-state index in [1.807, 2.05) is 36.4 Å². The van der Waals surface area contributed by atoms with Gasteiger partial charge in [0.05, 0.1) is 16.7 Å². The van der Waals surface area contributed by atoms with Gasteiger partial charge in [0.2, 0.25) is 0 Å². The van der Waals surface area contributed by atoms with Gasteiger partial charge >= 0.3 is 0 Å². The summed E-state index contributed by atoms with van der Waals surface area (Å²) in [5, 5.41) is 4.42. The van der Waals surface area contributed by atoms with E-state index in [1.54, 1.807) is 12.1 Å². The Balaban J connectivity index is 2.17. The van der Waals surface area contributed by atoms with Crippen LogP contribution in [0.5, 0.6) is 0 Å². The summed E-state index contributed by atoms with van der Waals surface area (Å²) in [5.74, 6) is 0.137. The normalized spacial score (nSPS) is 24.7. The summed E-state index contributed by atoms with van der Waals surface area (Å²) < 4.78 is 26.4. The van der Waals surface area contributed by atoms with Crippen LogP contribution in [0.3, 0.4) is 0 Å². The van der Waals surface area contributed by atoms with Gasteiger partial charge in [0.25, 0.3) is 0 Å².